The summed E-state index contributed by atoms with van der Waals surface area (Å²) in [5.74, 6) is 0.199. The van der Waals surface area contributed by atoms with Crippen LogP contribution in [-0.2, 0) is 18.3 Å². The number of aliphatic hydroxyl groups is 1. The number of carbonyl (C=O) groups excluding carboxylic acids is 1. The van der Waals surface area contributed by atoms with Gasteiger partial charge in [0.25, 0.3) is 0 Å². The Balaban J connectivity index is 1.80. The Kier molecular flexibility index (Phi) is 4.38. The van der Waals surface area contributed by atoms with Gasteiger partial charge in [-0.05, 0) is 11.6 Å². The molecular formula is C13H21N3O2. The number of carbonyl (C=O) groups is 1. The van der Waals surface area contributed by atoms with Gasteiger partial charge in [-0.1, -0.05) is 0 Å². The second-order valence-electron chi connectivity index (χ2n) is 4.81. The lowest BCUT2D eigenvalue weighted by Crippen LogP contribution is -2.49. The Hall–Kier alpha value is -1.33. The number of aryl methyl sites for hydroxylation is 1. The number of aliphatic hydroxyl groups excluding tert-OH is 1. The first kappa shape index (κ1) is 13.1. The first-order chi connectivity index (χ1) is 8.69. The minimum absolute atomic E-state index is 0.192. The van der Waals surface area contributed by atoms with Crippen LogP contribution >= 0.6 is 0 Å². The zero-order valence-electron chi connectivity index (χ0n) is 10.9. The number of aromatic nitrogens is 1. The number of piperazine rings is 1. The summed E-state index contributed by atoms with van der Waals surface area (Å²) in [7, 11) is 1.96. The van der Waals surface area contributed by atoms with Crippen LogP contribution in [0.5, 0.6) is 0 Å². The van der Waals surface area contributed by atoms with Crippen molar-refractivity contribution in [2.24, 2.45) is 7.05 Å². The minimum atomic E-state index is 0.192. The van der Waals surface area contributed by atoms with Crippen molar-refractivity contribution in [3.8, 4) is 0 Å². The fraction of sp³-hybridized carbons (Fsp3) is 0.615. The fourth-order valence-electron chi connectivity index (χ4n) is 2.31. The molecule has 1 aromatic rings. The van der Waals surface area contributed by atoms with E-state index in [0.717, 1.165) is 31.7 Å². The second-order valence-corrected chi connectivity index (χ2v) is 4.81. The lowest BCUT2D eigenvalue weighted by atomic mass is 10.2. The van der Waals surface area contributed by atoms with Crippen molar-refractivity contribution in [3.63, 3.8) is 0 Å². The summed E-state index contributed by atoms with van der Waals surface area (Å²) in [5, 5.41) is 8.87. The van der Waals surface area contributed by atoms with Crippen molar-refractivity contribution in [2.45, 2.75) is 6.42 Å². The molecule has 0 atom stereocenters. The third kappa shape index (κ3) is 3.34. The molecule has 0 aliphatic carbocycles. The maximum absolute atomic E-state index is 12.1. The van der Waals surface area contributed by atoms with Crippen molar-refractivity contribution >= 4 is 5.91 Å². The van der Waals surface area contributed by atoms with Crippen molar-refractivity contribution in [1.82, 2.24) is 14.4 Å². The van der Waals surface area contributed by atoms with E-state index in [4.69, 9.17) is 5.11 Å². The van der Waals surface area contributed by atoms with Crippen LogP contribution in [0.2, 0.25) is 0 Å². The monoisotopic (exact) mass is 251 g/mol. The van der Waals surface area contributed by atoms with E-state index in [1.807, 2.05) is 35.0 Å². The number of hydrogen-bond acceptors (Lipinski definition) is 3. The van der Waals surface area contributed by atoms with Gasteiger partial charge >= 0.3 is 0 Å². The van der Waals surface area contributed by atoms with Crippen LogP contribution in [0.15, 0.2) is 18.5 Å². The molecule has 0 saturated carbocycles. The predicted molar refractivity (Wildman–Crippen MR) is 69.2 cm³/mol. The summed E-state index contributed by atoms with van der Waals surface area (Å²) in [6.07, 6.45) is 4.43. The SMILES string of the molecule is Cn1ccc(CC(=O)N2CCN(CCO)CC2)c1. The van der Waals surface area contributed by atoms with Gasteiger partial charge < -0.3 is 14.6 Å². The molecule has 1 aliphatic heterocycles. The molecule has 0 spiro atoms. The molecule has 1 aromatic heterocycles. The van der Waals surface area contributed by atoms with Crippen LogP contribution in [0.25, 0.3) is 0 Å². The maximum Gasteiger partial charge on any atom is 0.227 e. The van der Waals surface area contributed by atoms with Crippen LogP contribution in [-0.4, -0.2) is 64.7 Å². The summed E-state index contributed by atoms with van der Waals surface area (Å²) in [6, 6.07) is 1.99. The Morgan fingerprint density at radius 1 is 1.33 bits per heavy atom. The van der Waals surface area contributed by atoms with E-state index in [1.54, 1.807) is 0 Å². The van der Waals surface area contributed by atoms with E-state index in [1.165, 1.54) is 0 Å². The number of nitrogens with zero attached hydrogens (tertiary/aromatic N) is 3. The minimum Gasteiger partial charge on any atom is -0.395 e. The van der Waals surface area contributed by atoms with Gasteiger partial charge in [-0.2, -0.15) is 0 Å². The molecular weight excluding hydrogens is 230 g/mol. The molecule has 1 fully saturated rings. The lowest BCUT2D eigenvalue weighted by Gasteiger charge is -2.34. The highest BCUT2D eigenvalue weighted by Crippen LogP contribution is 2.07. The molecule has 1 saturated heterocycles. The standard InChI is InChI=1S/C13H21N3O2/c1-14-3-2-12(11-14)10-13(18)16-6-4-15(5-7-16)8-9-17/h2-3,11,17H,4-10H2,1H3. The molecule has 0 radical (unpaired) electrons. The summed E-state index contributed by atoms with van der Waals surface area (Å²) >= 11 is 0. The van der Waals surface area contributed by atoms with Gasteiger partial charge in [0.2, 0.25) is 5.91 Å². The molecule has 100 valence electrons. The second kappa shape index (κ2) is 6.02. The molecule has 0 unspecified atom stereocenters. The Labute approximate surface area is 108 Å². The molecule has 0 bridgehead atoms. The van der Waals surface area contributed by atoms with Gasteiger partial charge in [0, 0.05) is 52.2 Å². The van der Waals surface area contributed by atoms with Crippen LogP contribution in [0.3, 0.4) is 0 Å². The van der Waals surface area contributed by atoms with Crippen molar-refractivity contribution in [2.75, 3.05) is 39.3 Å². The van der Waals surface area contributed by atoms with Crippen molar-refractivity contribution in [3.05, 3.63) is 24.0 Å². The Bertz CT molecular complexity index is 395. The highest BCUT2D eigenvalue weighted by molar-refractivity contribution is 5.78. The van der Waals surface area contributed by atoms with Crippen LogP contribution in [0.1, 0.15) is 5.56 Å². The molecule has 1 amide bonds. The molecule has 0 aromatic carbocycles. The quantitative estimate of drug-likeness (QED) is 0.799. The van der Waals surface area contributed by atoms with E-state index in [2.05, 4.69) is 4.90 Å². The molecule has 2 heterocycles. The molecule has 2 rings (SSSR count). The van der Waals surface area contributed by atoms with Crippen molar-refractivity contribution in [1.29, 1.82) is 0 Å². The molecule has 5 heteroatoms. The summed E-state index contributed by atoms with van der Waals surface area (Å²) in [6.45, 7) is 4.16. The van der Waals surface area contributed by atoms with Gasteiger partial charge in [-0.3, -0.25) is 9.69 Å². The first-order valence-electron chi connectivity index (χ1n) is 6.41. The van der Waals surface area contributed by atoms with Gasteiger partial charge in [-0.15, -0.1) is 0 Å². The predicted octanol–water partition coefficient (Wildman–Crippen LogP) is -0.296. The fourth-order valence-corrected chi connectivity index (χ4v) is 2.31. The lowest BCUT2D eigenvalue weighted by molar-refractivity contribution is -0.132. The number of amides is 1. The maximum atomic E-state index is 12.1. The average Bonchev–Trinajstić information content (AvgIpc) is 2.76. The normalized spacial score (nSPS) is 17.1. The highest BCUT2D eigenvalue weighted by Gasteiger charge is 2.20. The van der Waals surface area contributed by atoms with E-state index in [-0.39, 0.29) is 12.5 Å². The topological polar surface area (TPSA) is 48.7 Å². The van der Waals surface area contributed by atoms with Crippen LogP contribution in [0, 0.1) is 0 Å². The van der Waals surface area contributed by atoms with Gasteiger partial charge in [0.15, 0.2) is 0 Å². The Morgan fingerprint density at radius 2 is 2.06 bits per heavy atom. The molecule has 5 nitrogen and oxygen atoms in total. The largest absolute Gasteiger partial charge is 0.395 e. The molecule has 1 aliphatic rings. The van der Waals surface area contributed by atoms with Gasteiger partial charge in [-0.25, -0.2) is 0 Å². The molecule has 1 N–H and O–H groups in total. The third-order valence-electron chi connectivity index (χ3n) is 3.39. The van der Waals surface area contributed by atoms with E-state index < -0.39 is 0 Å². The van der Waals surface area contributed by atoms with Crippen molar-refractivity contribution < 1.29 is 9.90 Å². The zero-order valence-corrected chi connectivity index (χ0v) is 10.9. The van der Waals surface area contributed by atoms with Gasteiger partial charge in [0.1, 0.15) is 0 Å². The molecule has 18 heavy (non-hydrogen) atoms. The average molecular weight is 251 g/mol. The summed E-state index contributed by atoms with van der Waals surface area (Å²) in [5.41, 5.74) is 1.07. The number of rotatable bonds is 4. The van der Waals surface area contributed by atoms with E-state index in [0.29, 0.717) is 13.0 Å². The summed E-state index contributed by atoms with van der Waals surface area (Å²) in [4.78, 5) is 16.2. The third-order valence-corrected chi connectivity index (χ3v) is 3.39. The number of β-amino-alcohol motifs (C(OH)–C–C–N with tert-alkyl or cyclic N) is 1. The van der Waals surface area contributed by atoms with E-state index >= 15 is 0 Å². The first-order valence-corrected chi connectivity index (χ1v) is 6.41. The van der Waals surface area contributed by atoms with Crippen LogP contribution < -0.4 is 0 Å². The van der Waals surface area contributed by atoms with E-state index in [9.17, 15) is 4.79 Å². The van der Waals surface area contributed by atoms with Gasteiger partial charge in [0.05, 0.1) is 13.0 Å². The highest BCUT2D eigenvalue weighted by atomic mass is 16.3. The van der Waals surface area contributed by atoms with Crippen LogP contribution in [0.4, 0.5) is 0 Å². The smallest absolute Gasteiger partial charge is 0.227 e. The summed E-state index contributed by atoms with van der Waals surface area (Å²) < 4.78 is 1.96. The zero-order chi connectivity index (χ0) is 13.0. The Morgan fingerprint density at radius 3 is 2.61 bits per heavy atom. The number of hydrogen-bond donors (Lipinski definition) is 1.